The highest BCUT2D eigenvalue weighted by molar-refractivity contribution is 5.80. The van der Waals surface area contributed by atoms with Crippen molar-refractivity contribution in [2.75, 3.05) is 18.0 Å². The Bertz CT molecular complexity index is 433. The van der Waals surface area contributed by atoms with Crippen molar-refractivity contribution in [2.24, 2.45) is 5.73 Å². The zero-order chi connectivity index (χ0) is 12.4. The summed E-state index contributed by atoms with van der Waals surface area (Å²) in [5.74, 6) is -0.259. The van der Waals surface area contributed by atoms with Gasteiger partial charge in [0, 0.05) is 17.9 Å². The van der Waals surface area contributed by atoms with Crippen molar-refractivity contribution in [2.45, 2.75) is 25.4 Å². The van der Waals surface area contributed by atoms with Gasteiger partial charge in [0.2, 0.25) is 5.91 Å². The Morgan fingerprint density at radius 3 is 2.88 bits per heavy atom. The first-order chi connectivity index (χ1) is 8.08. The van der Waals surface area contributed by atoms with Gasteiger partial charge in [-0.25, -0.2) is 0 Å². The third kappa shape index (κ3) is 2.50. The number of nitrogen functional groups attached to an aromatic ring is 2. The monoisotopic (exact) mass is 234 g/mol. The van der Waals surface area contributed by atoms with E-state index in [4.69, 9.17) is 17.2 Å². The molecule has 17 heavy (non-hydrogen) atoms. The number of primary amides is 1. The second-order valence-corrected chi connectivity index (χ2v) is 4.49. The van der Waals surface area contributed by atoms with E-state index < -0.39 is 0 Å². The van der Waals surface area contributed by atoms with Crippen molar-refractivity contribution < 1.29 is 4.79 Å². The number of benzene rings is 1. The Kier molecular flexibility index (Phi) is 3.19. The molecule has 5 heteroatoms. The molecule has 0 unspecified atom stereocenters. The summed E-state index contributed by atoms with van der Waals surface area (Å²) < 4.78 is 0. The summed E-state index contributed by atoms with van der Waals surface area (Å²) in [5.41, 5.74) is 19.3. The Morgan fingerprint density at radius 1 is 1.41 bits per heavy atom. The minimum absolute atomic E-state index is 0.171. The molecule has 1 aliphatic rings. The number of amides is 1. The predicted octanol–water partition coefficient (Wildman–Crippen LogP) is 0.301. The number of nitrogens with two attached hydrogens (primary N) is 3. The molecule has 92 valence electrons. The Labute approximate surface area is 101 Å². The molecule has 5 nitrogen and oxygen atoms in total. The maximum atomic E-state index is 11.3. The number of rotatable bonds is 3. The highest BCUT2D eigenvalue weighted by Gasteiger charge is 2.29. The van der Waals surface area contributed by atoms with E-state index in [-0.39, 0.29) is 11.9 Å². The van der Waals surface area contributed by atoms with Crippen LogP contribution in [0.5, 0.6) is 0 Å². The Balaban J connectivity index is 2.15. The fourth-order valence-electron chi connectivity index (χ4n) is 2.32. The minimum atomic E-state index is -0.259. The van der Waals surface area contributed by atoms with E-state index in [1.54, 1.807) is 12.1 Å². The van der Waals surface area contributed by atoms with Crippen LogP contribution in [0.25, 0.3) is 0 Å². The van der Waals surface area contributed by atoms with Crippen LogP contribution >= 0.6 is 0 Å². The first-order valence-corrected chi connectivity index (χ1v) is 5.75. The Hall–Kier alpha value is -1.75. The molecule has 1 fully saturated rings. The van der Waals surface area contributed by atoms with Gasteiger partial charge in [0.25, 0.3) is 0 Å². The predicted molar refractivity (Wildman–Crippen MR) is 67.9 cm³/mol. The minimum Gasteiger partial charge on any atom is -0.399 e. The van der Waals surface area contributed by atoms with Gasteiger partial charge < -0.3 is 17.2 Å². The van der Waals surface area contributed by atoms with Gasteiger partial charge in [0.1, 0.15) is 0 Å². The number of hydrogen-bond donors (Lipinski definition) is 3. The third-order valence-electron chi connectivity index (χ3n) is 3.23. The summed E-state index contributed by atoms with van der Waals surface area (Å²) in [5, 5.41) is 0. The van der Waals surface area contributed by atoms with E-state index >= 15 is 0 Å². The highest BCUT2D eigenvalue weighted by Crippen LogP contribution is 2.23. The van der Waals surface area contributed by atoms with Crippen LogP contribution in [0.2, 0.25) is 0 Å². The van der Waals surface area contributed by atoms with Crippen LogP contribution in [0.3, 0.4) is 0 Å². The molecule has 1 atom stereocenters. The number of nitrogens with zero attached hydrogens (tertiary/aromatic N) is 1. The van der Waals surface area contributed by atoms with E-state index in [1.165, 1.54) is 0 Å². The van der Waals surface area contributed by atoms with Crippen LogP contribution in [0.15, 0.2) is 18.2 Å². The van der Waals surface area contributed by atoms with Crippen LogP contribution in [0.1, 0.15) is 18.4 Å². The van der Waals surface area contributed by atoms with Crippen molar-refractivity contribution in [1.29, 1.82) is 0 Å². The summed E-state index contributed by atoms with van der Waals surface area (Å²) in [6, 6.07) is 5.25. The number of carbonyl (C=O) groups excluding carboxylic acids is 1. The van der Waals surface area contributed by atoms with Gasteiger partial charge >= 0.3 is 0 Å². The van der Waals surface area contributed by atoms with Crippen molar-refractivity contribution >= 4 is 17.3 Å². The summed E-state index contributed by atoms with van der Waals surface area (Å²) in [7, 11) is 0. The second kappa shape index (κ2) is 4.63. The van der Waals surface area contributed by atoms with Crippen molar-refractivity contribution in [3.8, 4) is 0 Å². The summed E-state index contributed by atoms with van der Waals surface area (Å²) in [6.45, 7) is 1.51. The molecule has 0 radical (unpaired) electrons. The summed E-state index contributed by atoms with van der Waals surface area (Å²) >= 11 is 0. The molecule has 0 spiro atoms. The second-order valence-electron chi connectivity index (χ2n) is 4.49. The lowest BCUT2D eigenvalue weighted by Gasteiger charge is -2.22. The van der Waals surface area contributed by atoms with Gasteiger partial charge in [0.15, 0.2) is 0 Å². The normalized spacial score (nSPS) is 20.6. The fraction of sp³-hybridized carbons (Fsp3) is 0.417. The van der Waals surface area contributed by atoms with E-state index in [0.29, 0.717) is 17.9 Å². The number of hydrogen-bond acceptors (Lipinski definition) is 4. The molecule has 1 saturated heterocycles. The molecule has 1 aromatic rings. The zero-order valence-electron chi connectivity index (χ0n) is 9.73. The SMILES string of the molecule is NC(=O)[C@@H]1CCCN1Cc1cc(N)ccc1N. The van der Waals surface area contributed by atoms with Gasteiger partial charge in [-0.1, -0.05) is 0 Å². The average molecular weight is 234 g/mol. The quantitative estimate of drug-likeness (QED) is 0.655. The number of anilines is 2. The lowest BCUT2D eigenvalue weighted by atomic mass is 10.1. The van der Waals surface area contributed by atoms with E-state index in [2.05, 4.69) is 4.90 Å². The molecule has 0 aromatic heterocycles. The van der Waals surface area contributed by atoms with Gasteiger partial charge in [-0.05, 0) is 43.1 Å². The smallest absolute Gasteiger partial charge is 0.234 e. The molecule has 1 heterocycles. The maximum absolute atomic E-state index is 11.3. The van der Waals surface area contributed by atoms with Crippen LogP contribution in [0.4, 0.5) is 11.4 Å². The third-order valence-corrected chi connectivity index (χ3v) is 3.23. The number of likely N-dealkylation sites (tertiary alicyclic amines) is 1. The molecular formula is C12H18N4O. The summed E-state index contributed by atoms with van der Waals surface area (Å²) in [6.07, 6.45) is 1.83. The number of carbonyl (C=O) groups is 1. The molecule has 1 amide bonds. The molecule has 1 aliphatic heterocycles. The molecular weight excluding hydrogens is 216 g/mol. The molecule has 6 N–H and O–H groups in total. The standard InChI is InChI=1S/C12H18N4O/c13-9-3-4-10(14)8(6-9)7-16-5-1-2-11(16)12(15)17/h3-4,6,11H,1-2,5,7,13-14H2,(H2,15,17)/t11-/m0/s1. The van der Waals surface area contributed by atoms with E-state index in [0.717, 1.165) is 24.9 Å². The van der Waals surface area contributed by atoms with Crippen LogP contribution < -0.4 is 17.2 Å². The molecule has 0 aliphatic carbocycles. The van der Waals surface area contributed by atoms with Gasteiger partial charge in [-0.15, -0.1) is 0 Å². The van der Waals surface area contributed by atoms with Crippen molar-refractivity contribution in [3.63, 3.8) is 0 Å². The highest BCUT2D eigenvalue weighted by atomic mass is 16.1. The van der Waals surface area contributed by atoms with Crippen LogP contribution in [-0.4, -0.2) is 23.4 Å². The first kappa shape index (κ1) is 11.7. The van der Waals surface area contributed by atoms with Gasteiger partial charge in [-0.2, -0.15) is 0 Å². The first-order valence-electron chi connectivity index (χ1n) is 5.75. The fourth-order valence-corrected chi connectivity index (χ4v) is 2.32. The average Bonchev–Trinajstić information content (AvgIpc) is 2.71. The van der Waals surface area contributed by atoms with Crippen molar-refractivity contribution in [1.82, 2.24) is 4.90 Å². The Morgan fingerprint density at radius 2 is 2.18 bits per heavy atom. The van der Waals surface area contributed by atoms with Crippen molar-refractivity contribution in [3.05, 3.63) is 23.8 Å². The lowest BCUT2D eigenvalue weighted by molar-refractivity contribution is -0.122. The molecule has 0 saturated carbocycles. The van der Waals surface area contributed by atoms with Gasteiger partial charge in [-0.3, -0.25) is 9.69 Å². The summed E-state index contributed by atoms with van der Waals surface area (Å²) in [4.78, 5) is 13.3. The van der Waals surface area contributed by atoms with Crippen LogP contribution in [-0.2, 0) is 11.3 Å². The topological polar surface area (TPSA) is 98.4 Å². The molecule has 1 aromatic carbocycles. The van der Waals surface area contributed by atoms with E-state index in [1.807, 2.05) is 6.07 Å². The molecule has 0 bridgehead atoms. The molecule has 2 rings (SSSR count). The largest absolute Gasteiger partial charge is 0.399 e. The van der Waals surface area contributed by atoms with Gasteiger partial charge in [0.05, 0.1) is 6.04 Å². The maximum Gasteiger partial charge on any atom is 0.234 e. The zero-order valence-corrected chi connectivity index (χ0v) is 9.73. The van der Waals surface area contributed by atoms with E-state index in [9.17, 15) is 4.79 Å². The lowest BCUT2D eigenvalue weighted by Crippen LogP contribution is -2.39. The van der Waals surface area contributed by atoms with Crippen LogP contribution in [0, 0.1) is 0 Å².